The molecule has 32 heavy (non-hydrogen) atoms. The first kappa shape index (κ1) is 21.3. The fraction of sp³-hybridized carbons (Fsp3) is 0.538. The predicted molar refractivity (Wildman–Crippen MR) is 126 cm³/mol. The number of nitrogens with zero attached hydrogens (tertiary/aromatic N) is 4. The third kappa shape index (κ3) is 5.07. The zero-order chi connectivity index (χ0) is 22.1. The number of hydrogen-bond acceptors (Lipinski definition) is 4. The number of anilines is 1. The van der Waals surface area contributed by atoms with E-state index in [4.69, 9.17) is 4.74 Å². The summed E-state index contributed by atoms with van der Waals surface area (Å²) in [5.74, 6) is 1.65. The fourth-order valence-electron chi connectivity index (χ4n) is 4.92. The maximum Gasteiger partial charge on any atom is 0.324 e. The van der Waals surface area contributed by atoms with Crippen molar-refractivity contribution in [3.8, 4) is 5.88 Å². The molecule has 6 heteroatoms. The Bertz CT molecular complexity index is 929. The maximum atomic E-state index is 13.0. The summed E-state index contributed by atoms with van der Waals surface area (Å²) in [6, 6.07) is 10.4. The molecule has 2 amide bonds. The Morgan fingerprint density at radius 3 is 2.38 bits per heavy atom. The lowest BCUT2D eigenvalue weighted by molar-refractivity contribution is 0.0944. The van der Waals surface area contributed by atoms with E-state index in [0.717, 1.165) is 56.2 Å². The molecule has 2 aliphatic heterocycles. The van der Waals surface area contributed by atoms with Gasteiger partial charge < -0.3 is 14.5 Å². The Morgan fingerprint density at radius 2 is 1.72 bits per heavy atom. The van der Waals surface area contributed by atoms with E-state index < -0.39 is 0 Å². The summed E-state index contributed by atoms with van der Waals surface area (Å²) >= 11 is 0. The molecule has 0 atom stereocenters. The van der Waals surface area contributed by atoms with Crippen LogP contribution in [0.1, 0.15) is 42.4 Å². The van der Waals surface area contributed by atoms with Crippen molar-refractivity contribution in [2.45, 2.75) is 52.2 Å². The van der Waals surface area contributed by atoms with E-state index in [1.807, 2.05) is 28.1 Å². The van der Waals surface area contributed by atoms with Crippen molar-refractivity contribution in [3.63, 3.8) is 0 Å². The summed E-state index contributed by atoms with van der Waals surface area (Å²) in [6.45, 7) is 9.70. The molecule has 2 aromatic rings. The lowest BCUT2D eigenvalue weighted by Gasteiger charge is -2.31. The predicted octanol–water partition coefficient (Wildman–Crippen LogP) is 4.39. The minimum absolute atomic E-state index is 0.0632. The molecule has 1 aromatic heterocycles. The molecule has 3 fully saturated rings. The van der Waals surface area contributed by atoms with Gasteiger partial charge in [-0.1, -0.05) is 12.1 Å². The van der Waals surface area contributed by atoms with Crippen molar-refractivity contribution in [3.05, 3.63) is 53.2 Å². The largest absolute Gasteiger partial charge is 0.474 e. The SMILES string of the molecule is Cc1cc(C)cc(N2CCN(Cc3ccc(OC4CCN(CC5CC5)CC4)nc3)C2=O)c1. The highest BCUT2D eigenvalue weighted by Gasteiger charge is 2.30. The van der Waals surface area contributed by atoms with Crippen molar-refractivity contribution >= 4 is 11.7 Å². The Kier molecular flexibility index (Phi) is 6.05. The van der Waals surface area contributed by atoms with Gasteiger partial charge in [0.1, 0.15) is 6.10 Å². The second kappa shape index (κ2) is 9.10. The van der Waals surface area contributed by atoms with Gasteiger partial charge in [-0.2, -0.15) is 0 Å². The number of urea groups is 1. The van der Waals surface area contributed by atoms with Crippen molar-refractivity contribution in [1.29, 1.82) is 0 Å². The molecule has 0 unspecified atom stereocenters. The van der Waals surface area contributed by atoms with Crippen LogP contribution in [0.3, 0.4) is 0 Å². The topological polar surface area (TPSA) is 48.9 Å². The number of amides is 2. The van der Waals surface area contributed by atoms with Gasteiger partial charge in [0.2, 0.25) is 5.88 Å². The molecule has 0 N–H and O–H groups in total. The number of aryl methyl sites for hydroxylation is 2. The van der Waals surface area contributed by atoms with Gasteiger partial charge in [0.15, 0.2) is 0 Å². The standard InChI is InChI=1S/C26H34N4O2/c1-19-13-20(2)15-23(14-19)30-12-11-29(26(30)31)18-22-5-6-25(27-16-22)32-24-7-9-28(10-8-24)17-21-3-4-21/h5-6,13-16,21,24H,3-4,7-12,17-18H2,1-2H3. The van der Waals surface area contributed by atoms with Crippen molar-refractivity contribution in [2.24, 2.45) is 5.92 Å². The van der Waals surface area contributed by atoms with Gasteiger partial charge in [0.25, 0.3) is 0 Å². The van der Waals surface area contributed by atoms with Crippen LogP contribution in [-0.2, 0) is 6.54 Å². The Labute approximate surface area is 191 Å². The normalized spacial score (nSPS) is 20.2. The minimum Gasteiger partial charge on any atom is -0.474 e. The van der Waals surface area contributed by atoms with Crippen LogP contribution in [0, 0.1) is 19.8 Å². The number of carbonyl (C=O) groups is 1. The zero-order valence-corrected chi connectivity index (χ0v) is 19.3. The number of carbonyl (C=O) groups excluding carboxylic acids is 1. The van der Waals surface area contributed by atoms with Crippen LogP contribution in [0.5, 0.6) is 5.88 Å². The average molecular weight is 435 g/mol. The number of piperidine rings is 1. The lowest BCUT2D eigenvalue weighted by atomic mass is 10.1. The quantitative estimate of drug-likeness (QED) is 0.648. The van der Waals surface area contributed by atoms with Gasteiger partial charge in [-0.15, -0.1) is 0 Å². The van der Waals surface area contributed by atoms with Crippen LogP contribution in [0.15, 0.2) is 36.5 Å². The van der Waals surface area contributed by atoms with E-state index in [9.17, 15) is 4.79 Å². The number of pyridine rings is 1. The number of benzene rings is 1. The monoisotopic (exact) mass is 434 g/mol. The molecule has 0 spiro atoms. The van der Waals surface area contributed by atoms with E-state index in [2.05, 4.69) is 41.9 Å². The van der Waals surface area contributed by atoms with Gasteiger partial charge in [-0.3, -0.25) is 4.90 Å². The first-order valence-corrected chi connectivity index (χ1v) is 12.0. The van der Waals surface area contributed by atoms with Crippen LogP contribution in [0.4, 0.5) is 10.5 Å². The Morgan fingerprint density at radius 1 is 0.969 bits per heavy atom. The third-order valence-electron chi connectivity index (χ3n) is 6.82. The highest BCUT2D eigenvalue weighted by molar-refractivity contribution is 5.94. The molecule has 1 aliphatic carbocycles. The summed E-state index contributed by atoms with van der Waals surface area (Å²) in [7, 11) is 0. The molecule has 170 valence electrons. The molecular formula is C26H34N4O2. The van der Waals surface area contributed by atoms with Gasteiger partial charge in [-0.05, 0) is 74.3 Å². The number of ether oxygens (including phenoxy) is 1. The van der Waals surface area contributed by atoms with E-state index >= 15 is 0 Å². The number of aromatic nitrogens is 1. The second-order valence-electron chi connectivity index (χ2n) is 9.77. The zero-order valence-electron chi connectivity index (χ0n) is 19.3. The second-order valence-corrected chi connectivity index (χ2v) is 9.77. The summed E-state index contributed by atoms with van der Waals surface area (Å²) in [4.78, 5) is 23.8. The summed E-state index contributed by atoms with van der Waals surface area (Å²) < 4.78 is 6.14. The van der Waals surface area contributed by atoms with Crippen LogP contribution in [0.25, 0.3) is 0 Å². The summed E-state index contributed by atoms with van der Waals surface area (Å²) in [6.07, 6.45) is 7.10. The van der Waals surface area contributed by atoms with Crippen molar-refractivity contribution < 1.29 is 9.53 Å². The highest BCUT2D eigenvalue weighted by Crippen LogP contribution is 2.31. The molecule has 1 saturated carbocycles. The maximum absolute atomic E-state index is 13.0. The average Bonchev–Trinajstić information content (AvgIpc) is 3.52. The first-order valence-electron chi connectivity index (χ1n) is 12.0. The molecule has 6 nitrogen and oxygen atoms in total. The summed E-state index contributed by atoms with van der Waals surface area (Å²) in [5, 5.41) is 0. The number of hydrogen-bond donors (Lipinski definition) is 0. The molecular weight excluding hydrogens is 400 g/mol. The van der Waals surface area contributed by atoms with E-state index in [0.29, 0.717) is 12.4 Å². The van der Waals surface area contributed by atoms with E-state index in [1.165, 1.54) is 30.5 Å². The van der Waals surface area contributed by atoms with Crippen molar-refractivity contribution in [1.82, 2.24) is 14.8 Å². The fourth-order valence-corrected chi connectivity index (χ4v) is 4.92. The third-order valence-corrected chi connectivity index (χ3v) is 6.82. The van der Waals surface area contributed by atoms with Gasteiger partial charge in [-0.25, -0.2) is 9.78 Å². The highest BCUT2D eigenvalue weighted by atomic mass is 16.5. The molecule has 3 heterocycles. The lowest BCUT2D eigenvalue weighted by Crippen LogP contribution is -2.39. The number of rotatable bonds is 7. The summed E-state index contributed by atoms with van der Waals surface area (Å²) in [5.41, 5.74) is 4.38. The molecule has 2 saturated heterocycles. The first-order chi connectivity index (χ1) is 15.5. The van der Waals surface area contributed by atoms with Crippen LogP contribution in [-0.4, -0.2) is 59.6 Å². The molecule has 3 aliphatic rings. The Hall–Kier alpha value is -2.60. The minimum atomic E-state index is 0.0632. The Balaban J connectivity index is 1.13. The molecule has 1 aromatic carbocycles. The molecule has 5 rings (SSSR count). The number of likely N-dealkylation sites (tertiary alicyclic amines) is 1. The van der Waals surface area contributed by atoms with E-state index in [1.54, 1.807) is 0 Å². The molecule has 0 bridgehead atoms. The van der Waals surface area contributed by atoms with Gasteiger partial charge in [0.05, 0.1) is 0 Å². The van der Waals surface area contributed by atoms with Gasteiger partial charge >= 0.3 is 6.03 Å². The molecule has 0 radical (unpaired) electrons. The van der Waals surface area contributed by atoms with Crippen LogP contribution >= 0.6 is 0 Å². The van der Waals surface area contributed by atoms with Gasteiger partial charge in [0, 0.05) is 57.2 Å². The van der Waals surface area contributed by atoms with E-state index in [-0.39, 0.29) is 12.1 Å². The van der Waals surface area contributed by atoms with Crippen LogP contribution in [0.2, 0.25) is 0 Å². The van der Waals surface area contributed by atoms with Crippen LogP contribution < -0.4 is 9.64 Å². The van der Waals surface area contributed by atoms with Crippen molar-refractivity contribution in [2.75, 3.05) is 37.6 Å². The smallest absolute Gasteiger partial charge is 0.324 e.